The topological polar surface area (TPSA) is 50.8 Å². The zero-order valence-corrected chi connectivity index (χ0v) is 10.0. The maximum Gasteiger partial charge on any atom is 0.0895 e. The molecule has 0 amide bonds. The Labute approximate surface area is 97.5 Å². The summed E-state index contributed by atoms with van der Waals surface area (Å²) in [6.07, 6.45) is 9.75. The Kier molecular flexibility index (Phi) is 5.64. The number of aliphatic imine (C=N–C) groups is 1. The minimum atomic E-state index is 0.0353. The molecule has 0 saturated carbocycles. The normalized spacial score (nSPS) is 24.9. The Bertz CT molecular complexity index is 261. The van der Waals surface area contributed by atoms with Crippen molar-refractivity contribution in [2.24, 2.45) is 10.7 Å². The molecule has 0 radical (unpaired) electrons. The van der Waals surface area contributed by atoms with Crippen LogP contribution < -0.4 is 5.73 Å². The quantitative estimate of drug-likeness (QED) is 0.442. The molecule has 0 aromatic carbocycles. The molecule has 0 aliphatic carbocycles. The van der Waals surface area contributed by atoms with Crippen LogP contribution in [-0.4, -0.2) is 43.1 Å². The van der Waals surface area contributed by atoms with E-state index in [4.69, 9.17) is 10.5 Å². The van der Waals surface area contributed by atoms with Crippen LogP contribution in [0.3, 0.4) is 0 Å². The Morgan fingerprint density at radius 3 is 2.94 bits per heavy atom. The van der Waals surface area contributed by atoms with Crippen LogP contribution >= 0.6 is 0 Å². The van der Waals surface area contributed by atoms with E-state index in [1.54, 1.807) is 0 Å². The van der Waals surface area contributed by atoms with Gasteiger partial charge in [-0.2, -0.15) is 0 Å². The van der Waals surface area contributed by atoms with Crippen molar-refractivity contribution in [1.82, 2.24) is 4.90 Å². The van der Waals surface area contributed by atoms with E-state index < -0.39 is 0 Å². The smallest absolute Gasteiger partial charge is 0.0895 e. The van der Waals surface area contributed by atoms with Crippen molar-refractivity contribution in [3.8, 4) is 0 Å². The summed E-state index contributed by atoms with van der Waals surface area (Å²) in [5.74, 6) is 0. The van der Waals surface area contributed by atoms with Gasteiger partial charge in [0.1, 0.15) is 0 Å². The molecule has 90 valence electrons. The van der Waals surface area contributed by atoms with Crippen molar-refractivity contribution in [2.75, 3.05) is 19.7 Å². The summed E-state index contributed by atoms with van der Waals surface area (Å²) in [5, 5.41) is 0. The van der Waals surface area contributed by atoms with Crippen LogP contribution in [0, 0.1) is 0 Å². The molecule has 1 heterocycles. The van der Waals surface area contributed by atoms with Crippen LogP contribution in [-0.2, 0) is 4.74 Å². The molecule has 4 nitrogen and oxygen atoms in total. The fraction of sp³-hybridized carbons (Fsp3) is 0.583. The molecule has 1 aliphatic rings. The van der Waals surface area contributed by atoms with Gasteiger partial charge in [0.2, 0.25) is 0 Å². The van der Waals surface area contributed by atoms with Crippen LogP contribution in [0.25, 0.3) is 0 Å². The summed E-state index contributed by atoms with van der Waals surface area (Å²) in [7, 11) is 0. The van der Waals surface area contributed by atoms with Crippen LogP contribution in [0.15, 0.2) is 29.4 Å². The Balaban J connectivity index is 2.49. The predicted octanol–water partition coefficient (Wildman–Crippen LogP) is 1.15. The molecule has 1 rings (SSSR count). The molecule has 0 aromatic rings. The highest BCUT2D eigenvalue weighted by Crippen LogP contribution is 2.06. The Hall–Kier alpha value is -1.29. The molecule has 2 atom stereocenters. The Morgan fingerprint density at radius 2 is 2.31 bits per heavy atom. The van der Waals surface area contributed by atoms with E-state index in [1.165, 1.54) is 6.34 Å². The second-order valence-electron chi connectivity index (χ2n) is 3.83. The third-order valence-electron chi connectivity index (χ3n) is 2.41. The third kappa shape index (κ3) is 4.49. The standard InChI is InChI=1S/C12H21N3O/c1-3-4-12(14-10-13)5-6-15-7-8-16-11(2)9-15/h3-6,10-12H,7-9H2,1-2H3,(H2,13,14)/b4-3-,6-5+/t11-,12?/m1/s1. The minimum Gasteiger partial charge on any atom is -0.390 e. The molecule has 1 fully saturated rings. The number of rotatable bonds is 4. The summed E-state index contributed by atoms with van der Waals surface area (Å²) < 4.78 is 5.47. The highest BCUT2D eigenvalue weighted by molar-refractivity contribution is 5.52. The lowest BCUT2D eigenvalue weighted by Gasteiger charge is -2.30. The van der Waals surface area contributed by atoms with E-state index >= 15 is 0 Å². The molecule has 4 heteroatoms. The molecule has 16 heavy (non-hydrogen) atoms. The molecular formula is C12H21N3O. The van der Waals surface area contributed by atoms with Crippen molar-refractivity contribution >= 4 is 6.34 Å². The van der Waals surface area contributed by atoms with Gasteiger partial charge in [0.05, 0.1) is 25.1 Å². The zero-order chi connectivity index (χ0) is 11.8. The number of nitrogens with zero attached hydrogens (tertiary/aromatic N) is 2. The zero-order valence-electron chi connectivity index (χ0n) is 10.0. The monoisotopic (exact) mass is 223 g/mol. The van der Waals surface area contributed by atoms with Gasteiger partial charge in [-0.3, -0.25) is 4.99 Å². The van der Waals surface area contributed by atoms with Crippen molar-refractivity contribution in [2.45, 2.75) is 26.0 Å². The predicted molar refractivity (Wildman–Crippen MR) is 67.4 cm³/mol. The van der Waals surface area contributed by atoms with Gasteiger partial charge in [-0.05, 0) is 26.1 Å². The first-order valence-corrected chi connectivity index (χ1v) is 5.66. The lowest BCUT2D eigenvalue weighted by Crippen LogP contribution is -2.37. The lowest BCUT2D eigenvalue weighted by atomic mass is 10.2. The van der Waals surface area contributed by atoms with Crippen LogP contribution in [0.5, 0.6) is 0 Å². The summed E-state index contributed by atoms with van der Waals surface area (Å²) in [6, 6.07) is 0.0353. The lowest BCUT2D eigenvalue weighted by molar-refractivity contribution is -0.00140. The van der Waals surface area contributed by atoms with Crippen LogP contribution in [0.2, 0.25) is 0 Å². The summed E-state index contributed by atoms with van der Waals surface area (Å²) in [6.45, 7) is 6.73. The minimum absolute atomic E-state index is 0.0353. The molecule has 1 saturated heterocycles. The summed E-state index contributed by atoms with van der Waals surface area (Å²) in [5.41, 5.74) is 5.30. The Morgan fingerprint density at radius 1 is 1.50 bits per heavy atom. The molecule has 0 spiro atoms. The van der Waals surface area contributed by atoms with Crippen LogP contribution in [0.1, 0.15) is 13.8 Å². The third-order valence-corrected chi connectivity index (χ3v) is 2.41. The largest absolute Gasteiger partial charge is 0.390 e. The number of hydrogen-bond acceptors (Lipinski definition) is 3. The second-order valence-corrected chi connectivity index (χ2v) is 3.83. The van der Waals surface area contributed by atoms with E-state index in [0.29, 0.717) is 6.10 Å². The van der Waals surface area contributed by atoms with E-state index in [9.17, 15) is 0 Å². The highest BCUT2D eigenvalue weighted by atomic mass is 16.5. The van der Waals surface area contributed by atoms with Gasteiger partial charge in [0.25, 0.3) is 0 Å². The van der Waals surface area contributed by atoms with Gasteiger partial charge < -0.3 is 15.4 Å². The SMILES string of the molecule is C/C=C\C(/C=C/N1CCO[C@H](C)C1)N=CN. The average Bonchev–Trinajstić information content (AvgIpc) is 2.27. The van der Waals surface area contributed by atoms with Crippen molar-refractivity contribution in [3.05, 3.63) is 24.4 Å². The average molecular weight is 223 g/mol. The number of hydrogen-bond donors (Lipinski definition) is 1. The van der Waals surface area contributed by atoms with Gasteiger partial charge in [0.15, 0.2) is 0 Å². The fourth-order valence-electron chi connectivity index (χ4n) is 1.65. The number of ether oxygens (including phenoxy) is 1. The first-order valence-electron chi connectivity index (χ1n) is 5.66. The van der Waals surface area contributed by atoms with Crippen LogP contribution in [0.4, 0.5) is 0 Å². The number of nitrogens with two attached hydrogens (primary N) is 1. The van der Waals surface area contributed by atoms with Gasteiger partial charge in [-0.1, -0.05) is 12.2 Å². The molecule has 2 N–H and O–H groups in total. The molecule has 1 aliphatic heterocycles. The molecule has 1 unspecified atom stereocenters. The van der Waals surface area contributed by atoms with E-state index in [1.807, 2.05) is 25.2 Å². The second kappa shape index (κ2) is 7.06. The van der Waals surface area contributed by atoms with Crippen molar-refractivity contribution in [1.29, 1.82) is 0 Å². The van der Waals surface area contributed by atoms with Gasteiger partial charge in [-0.15, -0.1) is 0 Å². The molecule has 0 aromatic heterocycles. The van der Waals surface area contributed by atoms with Gasteiger partial charge in [0, 0.05) is 13.1 Å². The van der Waals surface area contributed by atoms with E-state index in [-0.39, 0.29) is 6.04 Å². The molecule has 0 bridgehead atoms. The van der Waals surface area contributed by atoms with E-state index in [0.717, 1.165) is 19.7 Å². The van der Waals surface area contributed by atoms with Gasteiger partial charge in [-0.25, -0.2) is 0 Å². The maximum absolute atomic E-state index is 5.47. The van der Waals surface area contributed by atoms with Gasteiger partial charge >= 0.3 is 0 Å². The number of morpholine rings is 1. The highest BCUT2D eigenvalue weighted by Gasteiger charge is 2.13. The van der Waals surface area contributed by atoms with Crippen molar-refractivity contribution in [3.63, 3.8) is 0 Å². The summed E-state index contributed by atoms with van der Waals surface area (Å²) >= 11 is 0. The number of allylic oxidation sites excluding steroid dienone is 1. The first-order chi connectivity index (χ1) is 7.76. The maximum atomic E-state index is 5.47. The van der Waals surface area contributed by atoms with Crippen molar-refractivity contribution < 1.29 is 4.74 Å². The first kappa shape index (κ1) is 12.8. The summed E-state index contributed by atoms with van der Waals surface area (Å²) in [4.78, 5) is 6.39. The van der Waals surface area contributed by atoms with E-state index in [2.05, 4.69) is 23.0 Å². The fourth-order valence-corrected chi connectivity index (χ4v) is 1.65. The molecular weight excluding hydrogens is 202 g/mol.